The Morgan fingerprint density at radius 2 is 2.16 bits per heavy atom. The van der Waals surface area contributed by atoms with Crippen molar-refractivity contribution < 1.29 is 0 Å². The van der Waals surface area contributed by atoms with E-state index in [2.05, 4.69) is 40.7 Å². The van der Waals surface area contributed by atoms with Gasteiger partial charge >= 0.3 is 0 Å². The van der Waals surface area contributed by atoms with Crippen molar-refractivity contribution in [3.63, 3.8) is 0 Å². The molecule has 0 aromatic carbocycles. The van der Waals surface area contributed by atoms with E-state index in [-0.39, 0.29) is 10.1 Å². The quantitative estimate of drug-likeness (QED) is 0.793. The average molecular weight is 298 g/mol. The zero-order valence-electron chi connectivity index (χ0n) is 12.1. The van der Waals surface area contributed by atoms with E-state index in [9.17, 15) is 0 Å². The number of alkyl halides is 1. The second-order valence-electron chi connectivity index (χ2n) is 5.49. The standard InChI is InChI=1S/C14H20ClN3S/c1-9-6-11-13(16-7-9)18(8-14(3,4)19-5)12(17-11)10(2)15/h6-7,10H,8H2,1-5H3. The Hall–Kier alpha value is -0.740. The molecule has 0 spiro atoms. The molecule has 0 saturated carbocycles. The van der Waals surface area contributed by atoms with Gasteiger partial charge in [0.25, 0.3) is 0 Å². The van der Waals surface area contributed by atoms with Crippen LogP contribution in [-0.2, 0) is 6.54 Å². The molecule has 3 nitrogen and oxygen atoms in total. The molecule has 2 aromatic heterocycles. The van der Waals surface area contributed by atoms with Gasteiger partial charge in [-0.15, -0.1) is 11.6 Å². The highest BCUT2D eigenvalue weighted by molar-refractivity contribution is 7.99. The Bertz CT molecular complexity index is 590. The number of nitrogens with zero attached hydrogens (tertiary/aromatic N) is 3. The van der Waals surface area contributed by atoms with Crippen molar-refractivity contribution in [2.45, 2.75) is 44.4 Å². The summed E-state index contributed by atoms with van der Waals surface area (Å²) >= 11 is 8.11. The van der Waals surface area contributed by atoms with Crippen molar-refractivity contribution >= 4 is 34.5 Å². The summed E-state index contributed by atoms with van der Waals surface area (Å²) in [6.45, 7) is 9.28. The number of fused-ring (bicyclic) bond motifs is 1. The van der Waals surface area contributed by atoms with Gasteiger partial charge in [0.05, 0.1) is 5.38 Å². The summed E-state index contributed by atoms with van der Waals surface area (Å²) in [7, 11) is 0. The molecule has 0 saturated heterocycles. The molecule has 104 valence electrons. The molecule has 0 aliphatic carbocycles. The van der Waals surface area contributed by atoms with E-state index in [4.69, 9.17) is 11.6 Å². The summed E-state index contributed by atoms with van der Waals surface area (Å²) in [5.41, 5.74) is 2.98. The highest BCUT2D eigenvalue weighted by atomic mass is 35.5. The maximum absolute atomic E-state index is 6.27. The Labute approximate surface area is 123 Å². The highest BCUT2D eigenvalue weighted by Gasteiger charge is 2.23. The molecule has 0 N–H and O–H groups in total. The lowest BCUT2D eigenvalue weighted by Gasteiger charge is -2.24. The number of hydrogen-bond donors (Lipinski definition) is 0. The fourth-order valence-corrected chi connectivity index (χ4v) is 2.46. The first kappa shape index (κ1) is 14.7. The van der Waals surface area contributed by atoms with Crippen LogP contribution in [0.5, 0.6) is 0 Å². The number of hydrogen-bond acceptors (Lipinski definition) is 3. The van der Waals surface area contributed by atoms with E-state index in [1.807, 2.05) is 31.8 Å². The summed E-state index contributed by atoms with van der Waals surface area (Å²) in [4.78, 5) is 9.19. The first-order valence-electron chi connectivity index (χ1n) is 6.36. The zero-order chi connectivity index (χ0) is 14.2. The van der Waals surface area contributed by atoms with Crippen LogP contribution >= 0.6 is 23.4 Å². The second-order valence-corrected chi connectivity index (χ2v) is 7.66. The van der Waals surface area contributed by atoms with Crippen LogP contribution in [0.2, 0.25) is 0 Å². The monoisotopic (exact) mass is 297 g/mol. The number of aryl methyl sites for hydroxylation is 1. The minimum atomic E-state index is -0.118. The molecule has 1 atom stereocenters. The average Bonchev–Trinajstić information content (AvgIpc) is 2.67. The van der Waals surface area contributed by atoms with Crippen LogP contribution in [0.15, 0.2) is 12.3 Å². The zero-order valence-corrected chi connectivity index (χ0v) is 13.6. The number of pyridine rings is 1. The first-order valence-corrected chi connectivity index (χ1v) is 8.02. The largest absolute Gasteiger partial charge is 0.310 e. The molecular formula is C14H20ClN3S. The van der Waals surface area contributed by atoms with Crippen LogP contribution in [0.3, 0.4) is 0 Å². The topological polar surface area (TPSA) is 30.7 Å². The van der Waals surface area contributed by atoms with Crippen LogP contribution in [0.25, 0.3) is 11.2 Å². The van der Waals surface area contributed by atoms with Crippen molar-refractivity contribution in [1.29, 1.82) is 0 Å². The van der Waals surface area contributed by atoms with Crippen molar-refractivity contribution in [2.24, 2.45) is 0 Å². The molecule has 0 aliphatic rings. The Morgan fingerprint density at radius 3 is 2.74 bits per heavy atom. The fraction of sp³-hybridized carbons (Fsp3) is 0.571. The lowest BCUT2D eigenvalue weighted by Crippen LogP contribution is -2.24. The van der Waals surface area contributed by atoms with E-state index in [1.165, 1.54) is 0 Å². The smallest absolute Gasteiger partial charge is 0.160 e. The molecular weight excluding hydrogens is 278 g/mol. The van der Waals surface area contributed by atoms with E-state index in [1.54, 1.807) is 0 Å². The number of aromatic nitrogens is 3. The van der Waals surface area contributed by atoms with Crippen LogP contribution in [0.1, 0.15) is 37.5 Å². The van der Waals surface area contributed by atoms with Crippen molar-refractivity contribution in [2.75, 3.05) is 6.26 Å². The SMILES string of the molecule is CSC(C)(C)Cn1c(C(C)Cl)nc2cc(C)cnc21. The van der Waals surface area contributed by atoms with Crippen molar-refractivity contribution in [1.82, 2.24) is 14.5 Å². The predicted molar refractivity (Wildman–Crippen MR) is 84.1 cm³/mol. The Morgan fingerprint density at radius 1 is 1.47 bits per heavy atom. The fourth-order valence-electron chi connectivity index (χ4n) is 2.03. The highest BCUT2D eigenvalue weighted by Crippen LogP contribution is 2.29. The molecule has 19 heavy (non-hydrogen) atoms. The Balaban J connectivity index is 2.59. The van der Waals surface area contributed by atoms with E-state index in [0.717, 1.165) is 29.1 Å². The summed E-state index contributed by atoms with van der Waals surface area (Å²) in [5, 5.41) is -0.118. The maximum Gasteiger partial charge on any atom is 0.160 e. The van der Waals surface area contributed by atoms with Crippen molar-refractivity contribution in [3.8, 4) is 0 Å². The van der Waals surface area contributed by atoms with Gasteiger partial charge < -0.3 is 4.57 Å². The molecule has 0 bridgehead atoms. The van der Waals surface area contributed by atoms with Crippen molar-refractivity contribution in [3.05, 3.63) is 23.7 Å². The van der Waals surface area contributed by atoms with Crippen LogP contribution < -0.4 is 0 Å². The molecule has 2 rings (SSSR count). The summed E-state index contributed by atoms with van der Waals surface area (Å²) in [6, 6.07) is 2.06. The number of thioether (sulfide) groups is 1. The molecule has 0 aliphatic heterocycles. The third-order valence-electron chi connectivity index (χ3n) is 3.20. The van der Waals surface area contributed by atoms with Gasteiger partial charge in [-0.05, 0) is 45.6 Å². The second kappa shape index (κ2) is 5.33. The third kappa shape index (κ3) is 3.06. The van der Waals surface area contributed by atoms with Gasteiger partial charge in [-0.1, -0.05) is 0 Å². The van der Waals surface area contributed by atoms with Crippen LogP contribution in [0.4, 0.5) is 0 Å². The van der Waals surface area contributed by atoms with Gasteiger partial charge in [0.1, 0.15) is 11.3 Å². The van der Waals surface area contributed by atoms with Gasteiger partial charge in [0, 0.05) is 17.5 Å². The third-order valence-corrected chi connectivity index (χ3v) is 4.63. The van der Waals surface area contributed by atoms with Gasteiger partial charge in [0.2, 0.25) is 0 Å². The summed E-state index contributed by atoms with van der Waals surface area (Å²) in [5.74, 6) is 0.900. The maximum atomic E-state index is 6.27. The molecule has 0 radical (unpaired) electrons. The first-order chi connectivity index (χ1) is 8.84. The number of imidazole rings is 1. The Kier molecular flexibility index (Phi) is 4.11. The molecule has 0 amide bonds. The summed E-state index contributed by atoms with van der Waals surface area (Å²) in [6.07, 6.45) is 4.01. The van der Waals surface area contributed by atoms with Gasteiger partial charge in [-0.25, -0.2) is 9.97 Å². The molecule has 0 fully saturated rings. The normalized spacial score (nSPS) is 14.0. The van der Waals surface area contributed by atoms with Gasteiger partial charge in [0.15, 0.2) is 5.65 Å². The van der Waals surface area contributed by atoms with E-state index >= 15 is 0 Å². The lowest BCUT2D eigenvalue weighted by atomic mass is 10.2. The predicted octanol–water partition coefficient (Wildman–Crippen LogP) is 4.18. The molecule has 2 heterocycles. The van der Waals surface area contributed by atoms with Gasteiger partial charge in [-0.2, -0.15) is 11.8 Å². The molecule has 5 heteroatoms. The molecule has 1 unspecified atom stereocenters. The number of halogens is 1. The van der Waals surface area contributed by atoms with E-state index < -0.39 is 0 Å². The van der Waals surface area contributed by atoms with Gasteiger partial charge in [-0.3, -0.25) is 0 Å². The van der Waals surface area contributed by atoms with Crippen LogP contribution in [-0.4, -0.2) is 25.5 Å². The minimum Gasteiger partial charge on any atom is -0.310 e. The molecule has 2 aromatic rings. The number of rotatable bonds is 4. The van der Waals surface area contributed by atoms with Crippen LogP contribution in [0, 0.1) is 6.92 Å². The minimum absolute atomic E-state index is 0.118. The van der Waals surface area contributed by atoms with E-state index in [0.29, 0.717) is 0 Å². The summed E-state index contributed by atoms with van der Waals surface area (Å²) < 4.78 is 2.28. The lowest BCUT2D eigenvalue weighted by molar-refractivity contribution is 0.556.